The van der Waals surface area contributed by atoms with Crippen LogP contribution in [0.2, 0.25) is 0 Å². The van der Waals surface area contributed by atoms with E-state index in [-0.39, 0.29) is 52.7 Å². The molecule has 0 atom stereocenters. The SMILES string of the molecule is CCCCCCC(=O)c1ccc(C(=O)c2ccccc2)c(C(=O)CCCCCC)c1C(=O)CCCCCC. The van der Waals surface area contributed by atoms with Crippen molar-refractivity contribution in [3.8, 4) is 0 Å². The molecule has 0 amide bonds. The van der Waals surface area contributed by atoms with Crippen LogP contribution in [0.15, 0.2) is 42.5 Å². The second kappa shape index (κ2) is 17.6. The Hall–Kier alpha value is -2.88. The van der Waals surface area contributed by atoms with Gasteiger partial charge in [-0.05, 0) is 31.4 Å². The first kappa shape index (κ1) is 31.3. The van der Waals surface area contributed by atoms with Crippen LogP contribution < -0.4 is 0 Å². The van der Waals surface area contributed by atoms with Gasteiger partial charge in [0, 0.05) is 47.1 Å². The van der Waals surface area contributed by atoms with Crippen molar-refractivity contribution in [2.45, 2.75) is 117 Å². The third-order valence-corrected chi connectivity index (χ3v) is 7.12. The normalized spacial score (nSPS) is 10.9. The van der Waals surface area contributed by atoms with Crippen molar-refractivity contribution in [2.24, 2.45) is 0 Å². The zero-order valence-electron chi connectivity index (χ0n) is 23.8. The van der Waals surface area contributed by atoms with E-state index in [2.05, 4.69) is 20.8 Å². The van der Waals surface area contributed by atoms with E-state index in [9.17, 15) is 19.2 Å². The molecule has 0 aliphatic rings. The number of unbranched alkanes of at least 4 members (excludes halogenated alkanes) is 9. The molecule has 0 aromatic heterocycles. The Morgan fingerprint density at radius 2 is 0.895 bits per heavy atom. The van der Waals surface area contributed by atoms with E-state index in [1.807, 2.05) is 6.07 Å². The van der Waals surface area contributed by atoms with E-state index in [0.717, 1.165) is 64.2 Å². The van der Waals surface area contributed by atoms with E-state index in [1.54, 1.807) is 36.4 Å². The van der Waals surface area contributed by atoms with Crippen LogP contribution in [0.3, 0.4) is 0 Å². The number of hydrogen-bond acceptors (Lipinski definition) is 4. The molecule has 2 aromatic rings. The summed E-state index contributed by atoms with van der Waals surface area (Å²) < 4.78 is 0. The number of carbonyl (C=O) groups is 4. The van der Waals surface area contributed by atoms with Gasteiger partial charge in [0.25, 0.3) is 0 Å². The Balaban J connectivity index is 2.58. The molecule has 0 saturated carbocycles. The molecule has 0 aliphatic carbocycles. The summed E-state index contributed by atoms with van der Waals surface area (Å²) in [6, 6.07) is 12.1. The second-order valence-corrected chi connectivity index (χ2v) is 10.3. The van der Waals surface area contributed by atoms with Crippen LogP contribution in [0, 0.1) is 0 Å². The molecule has 2 rings (SSSR count). The molecule has 4 nitrogen and oxygen atoms in total. The Morgan fingerprint density at radius 3 is 1.37 bits per heavy atom. The molecule has 206 valence electrons. The van der Waals surface area contributed by atoms with Crippen LogP contribution in [0.1, 0.15) is 164 Å². The topological polar surface area (TPSA) is 68.3 Å². The minimum absolute atomic E-state index is 0.114. The molecule has 0 fully saturated rings. The van der Waals surface area contributed by atoms with Gasteiger partial charge in [0.05, 0.1) is 0 Å². The lowest BCUT2D eigenvalue weighted by molar-refractivity contribution is 0.0928. The number of carbonyl (C=O) groups excluding carboxylic acids is 4. The van der Waals surface area contributed by atoms with E-state index in [4.69, 9.17) is 0 Å². The maximum atomic E-state index is 13.7. The fourth-order valence-corrected chi connectivity index (χ4v) is 4.87. The van der Waals surface area contributed by atoms with E-state index in [1.165, 1.54) is 0 Å². The van der Waals surface area contributed by atoms with Gasteiger partial charge in [-0.1, -0.05) is 109 Å². The van der Waals surface area contributed by atoms with Crippen LogP contribution in [0.4, 0.5) is 0 Å². The van der Waals surface area contributed by atoms with E-state index < -0.39 is 0 Å². The van der Waals surface area contributed by atoms with Crippen molar-refractivity contribution >= 4 is 23.1 Å². The van der Waals surface area contributed by atoms with Crippen molar-refractivity contribution in [2.75, 3.05) is 0 Å². The Morgan fingerprint density at radius 1 is 0.474 bits per heavy atom. The van der Waals surface area contributed by atoms with Crippen molar-refractivity contribution in [1.29, 1.82) is 0 Å². The van der Waals surface area contributed by atoms with Gasteiger partial charge in [0.15, 0.2) is 23.1 Å². The molecule has 4 heteroatoms. The van der Waals surface area contributed by atoms with Gasteiger partial charge in [-0.25, -0.2) is 0 Å². The molecular weight excluding hydrogens is 472 g/mol. The Labute approximate surface area is 229 Å². The zero-order chi connectivity index (χ0) is 27.8. The standard InChI is InChI=1S/C34H46O4/c1-4-7-10-16-21-29(35)27-24-25-28(34(38)26-19-14-13-15-20-26)33(31(37)23-18-12-9-6-3)32(27)30(36)22-17-11-8-5-2/h13-15,19-20,24-25H,4-12,16-18,21-23H2,1-3H3. The average molecular weight is 519 g/mol. The highest BCUT2D eigenvalue weighted by Gasteiger charge is 2.29. The number of rotatable bonds is 20. The predicted molar refractivity (Wildman–Crippen MR) is 156 cm³/mol. The molecule has 0 radical (unpaired) electrons. The van der Waals surface area contributed by atoms with Crippen LogP contribution in [-0.4, -0.2) is 23.1 Å². The summed E-state index contributed by atoms with van der Waals surface area (Å²) in [5.41, 5.74) is 1.35. The van der Waals surface area contributed by atoms with Crippen LogP contribution >= 0.6 is 0 Å². The quantitative estimate of drug-likeness (QED) is 0.129. The fourth-order valence-electron chi connectivity index (χ4n) is 4.87. The number of hydrogen-bond donors (Lipinski definition) is 0. The molecular formula is C34H46O4. The third kappa shape index (κ3) is 9.45. The predicted octanol–water partition coefficient (Wildman–Crippen LogP) is 9.38. The zero-order valence-corrected chi connectivity index (χ0v) is 23.8. The summed E-state index contributed by atoms with van der Waals surface area (Å²) in [5, 5.41) is 0. The largest absolute Gasteiger partial charge is 0.294 e. The summed E-state index contributed by atoms with van der Waals surface area (Å²) in [6.07, 6.45) is 12.1. The van der Waals surface area contributed by atoms with Gasteiger partial charge in [-0.3, -0.25) is 19.2 Å². The van der Waals surface area contributed by atoms with Gasteiger partial charge in [0.1, 0.15) is 0 Å². The molecule has 2 aromatic carbocycles. The van der Waals surface area contributed by atoms with Crippen molar-refractivity contribution in [3.63, 3.8) is 0 Å². The lowest BCUT2D eigenvalue weighted by atomic mass is 9.83. The van der Waals surface area contributed by atoms with Crippen LogP contribution in [-0.2, 0) is 0 Å². The average Bonchev–Trinajstić information content (AvgIpc) is 2.94. The first-order valence-corrected chi connectivity index (χ1v) is 14.8. The second-order valence-electron chi connectivity index (χ2n) is 10.3. The molecule has 0 unspecified atom stereocenters. The maximum absolute atomic E-state index is 13.7. The van der Waals surface area contributed by atoms with E-state index >= 15 is 0 Å². The lowest BCUT2D eigenvalue weighted by Gasteiger charge is -2.17. The summed E-state index contributed by atoms with van der Waals surface area (Å²) in [4.78, 5) is 54.4. The summed E-state index contributed by atoms with van der Waals surface area (Å²) in [5.74, 6) is -0.809. The molecule has 0 aliphatic heterocycles. The highest BCUT2D eigenvalue weighted by atomic mass is 16.1. The molecule has 0 N–H and O–H groups in total. The van der Waals surface area contributed by atoms with Gasteiger partial charge in [-0.2, -0.15) is 0 Å². The van der Waals surface area contributed by atoms with Crippen molar-refractivity contribution in [1.82, 2.24) is 0 Å². The third-order valence-electron chi connectivity index (χ3n) is 7.12. The summed E-state index contributed by atoms with van der Waals surface area (Å²) in [7, 11) is 0. The highest BCUT2D eigenvalue weighted by molar-refractivity contribution is 6.22. The lowest BCUT2D eigenvalue weighted by Crippen LogP contribution is -2.20. The fraction of sp³-hybridized carbons (Fsp3) is 0.529. The minimum Gasteiger partial charge on any atom is -0.294 e. The highest BCUT2D eigenvalue weighted by Crippen LogP contribution is 2.28. The van der Waals surface area contributed by atoms with Crippen LogP contribution in [0.25, 0.3) is 0 Å². The first-order chi connectivity index (χ1) is 18.5. The first-order valence-electron chi connectivity index (χ1n) is 14.8. The molecule has 38 heavy (non-hydrogen) atoms. The number of Topliss-reactive ketones (excluding diaryl/α,β-unsaturated/α-hetero) is 3. The molecule has 0 spiro atoms. The monoisotopic (exact) mass is 518 g/mol. The molecule has 0 bridgehead atoms. The van der Waals surface area contributed by atoms with Crippen molar-refractivity contribution in [3.05, 3.63) is 70.3 Å². The van der Waals surface area contributed by atoms with Gasteiger partial charge >= 0.3 is 0 Å². The van der Waals surface area contributed by atoms with Gasteiger partial charge in [-0.15, -0.1) is 0 Å². The minimum atomic E-state index is -0.288. The van der Waals surface area contributed by atoms with Crippen LogP contribution in [0.5, 0.6) is 0 Å². The Kier molecular flexibility index (Phi) is 14.5. The maximum Gasteiger partial charge on any atom is 0.193 e. The molecule has 0 heterocycles. The summed E-state index contributed by atoms with van der Waals surface area (Å²) in [6.45, 7) is 6.35. The number of ketones is 4. The smallest absolute Gasteiger partial charge is 0.193 e. The summed E-state index contributed by atoms with van der Waals surface area (Å²) >= 11 is 0. The molecule has 0 saturated heterocycles. The Bertz CT molecular complexity index is 1050. The van der Waals surface area contributed by atoms with E-state index in [0.29, 0.717) is 30.4 Å². The van der Waals surface area contributed by atoms with Crippen molar-refractivity contribution < 1.29 is 19.2 Å². The van der Waals surface area contributed by atoms with Gasteiger partial charge in [0.2, 0.25) is 0 Å². The van der Waals surface area contributed by atoms with Gasteiger partial charge < -0.3 is 0 Å². The number of benzene rings is 2.